The van der Waals surface area contributed by atoms with Gasteiger partial charge in [0.15, 0.2) is 0 Å². The lowest BCUT2D eigenvalue weighted by Gasteiger charge is -2.27. The van der Waals surface area contributed by atoms with Crippen LogP contribution in [0.2, 0.25) is 0 Å². The molecule has 0 aromatic carbocycles. The van der Waals surface area contributed by atoms with Crippen LogP contribution in [0.25, 0.3) is 0 Å². The number of rotatable bonds is 11. The van der Waals surface area contributed by atoms with Gasteiger partial charge >= 0.3 is 0 Å². The van der Waals surface area contributed by atoms with Crippen molar-refractivity contribution in [2.75, 3.05) is 47.0 Å². The maximum absolute atomic E-state index is 11.3. The highest BCUT2D eigenvalue weighted by atomic mass is 16.5. The van der Waals surface area contributed by atoms with Crippen molar-refractivity contribution >= 4 is 0 Å². The van der Waals surface area contributed by atoms with Crippen molar-refractivity contribution in [1.82, 2.24) is 19.8 Å². The number of pyridine rings is 2. The van der Waals surface area contributed by atoms with E-state index in [-0.39, 0.29) is 6.10 Å². The van der Waals surface area contributed by atoms with E-state index in [0.717, 1.165) is 55.3 Å². The van der Waals surface area contributed by atoms with E-state index in [0.29, 0.717) is 43.9 Å². The fourth-order valence-corrected chi connectivity index (χ4v) is 5.58. The van der Waals surface area contributed by atoms with Gasteiger partial charge in [0.1, 0.15) is 5.60 Å². The van der Waals surface area contributed by atoms with Gasteiger partial charge in [0.2, 0.25) is 0 Å². The fourth-order valence-electron chi connectivity index (χ4n) is 5.58. The van der Waals surface area contributed by atoms with Crippen LogP contribution in [-0.2, 0) is 28.2 Å². The van der Waals surface area contributed by atoms with Crippen LogP contribution in [0.15, 0.2) is 24.3 Å². The molecule has 2 aliphatic rings. The summed E-state index contributed by atoms with van der Waals surface area (Å²) in [6.07, 6.45) is 1.75. The van der Waals surface area contributed by atoms with Crippen molar-refractivity contribution in [3.63, 3.8) is 0 Å². The van der Waals surface area contributed by atoms with Gasteiger partial charge < -0.3 is 19.5 Å². The Morgan fingerprint density at radius 1 is 0.974 bits per heavy atom. The Bertz CT molecular complexity index is 1070. The average Bonchev–Trinajstić information content (AvgIpc) is 3.53. The average molecular weight is 525 g/mol. The SMILES string of the molecule is CCN(C)Cc1nc(C(C)C)ccc1C1COC(CN(C)Cc2nc(C(C)C)ccc2[C@]2(O)CCOC2)C1. The van der Waals surface area contributed by atoms with Crippen molar-refractivity contribution in [1.29, 1.82) is 0 Å². The van der Waals surface area contributed by atoms with E-state index in [2.05, 4.69) is 82.8 Å². The number of aromatic nitrogens is 2. The number of likely N-dealkylation sites (N-methyl/N-ethyl adjacent to an activating group) is 1. The molecule has 0 bridgehead atoms. The Morgan fingerprint density at radius 3 is 2.26 bits per heavy atom. The van der Waals surface area contributed by atoms with Crippen LogP contribution in [-0.4, -0.2) is 78.0 Å². The molecule has 4 heterocycles. The Labute approximate surface area is 229 Å². The summed E-state index contributed by atoms with van der Waals surface area (Å²) < 4.78 is 11.9. The number of ether oxygens (including phenoxy) is 2. The maximum Gasteiger partial charge on any atom is 0.117 e. The number of nitrogens with zero attached hydrogens (tertiary/aromatic N) is 4. The Morgan fingerprint density at radius 2 is 1.63 bits per heavy atom. The van der Waals surface area contributed by atoms with Crippen LogP contribution in [0.3, 0.4) is 0 Å². The van der Waals surface area contributed by atoms with E-state index in [1.165, 1.54) is 11.3 Å². The minimum Gasteiger partial charge on any atom is -0.383 e. The topological polar surface area (TPSA) is 71.0 Å². The molecule has 1 N–H and O–H groups in total. The summed E-state index contributed by atoms with van der Waals surface area (Å²) in [6.45, 7) is 15.9. The second-order valence-corrected chi connectivity index (χ2v) is 12.1. The fraction of sp³-hybridized carbons (Fsp3) is 0.677. The summed E-state index contributed by atoms with van der Waals surface area (Å²) in [5, 5.41) is 11.3. The molecule has 7 nitrogen and oxygen atoms in total. The highest BCUT2D eigenvalue weighted by Crippen LogP contribution is 2.35. The lowest BCUT2D eigenvalue weighted by Crippen LogP contribution is -2.32. The van der Waals surface area contributed by atoms with E-state index in [9.17, 15) is 5.11 Å². The molecule has 38 heavy (non-hydrogen) atoms. The van der Waals surface area contributed by atoms with Gasteiger partial charge in [-0.2, -0.15) is 0 Å². The Hall–Kier alpha value is -1.90. The van der Waals surface area contributed by atoms with Crippen LogP contribution in [0, 0.1) is 0 Å². The molecule has 2 aliphatic heterocycles. The zero-order valence-corrected chi connectivity index (χ0v) is 24.5. The van der Waals surface area contributed by atoms with Crippen molar-refractivity contribution in [2.24, 2.45) is 0 Å². The van der Waals surface area contributed by atoms with Gasteiger partial charge in [-0.25, -0.2) is 0 Å². The van der Waals surface area contributed by atoms with Gasteiger partial charge in [-0.05, 0) is 56.6 Å². The Balaban J connectivity index is 1.46. The molecule has 7 heteroatoms. The van der Waals surface area contributed by atoms with Crippen molar-refractivity contribution in [3.05, 3.63) is 58.2 Å². The number of aliphatic hydroxyl groups is 1. The minimum absolute atomic E-state index is 0.154. The predicted molar refractivity (Wildman–Crippen MR) is 151 cm³/mol. The molecule has 0 amide bonds. The molecule has 0 spiro atoms. The van der Waals surface area contributed by atoms with Crippen molar-refractivity contribution in [2.45, 2.75) is 90.0 Å². The lowest BCUT2D eigenvalue weighted by molar-refractivity contribution is 0.0211. The van der Waals surface area contributed by atoms with Gasteiger partial charge in [0.25, 0.3) is 0 Å². The molecular formula is C31H48N4O3. The minimum atomic E-state index is -0.954. The van der Waals surface area contributed by atoms with Gasteiger partial charge in [-0.15, -0.1) is 0 Å². The third-order valence-electron chi connectivity index (χ3n) is 8.13. The number of hydrogen-bond acceptors (Lipinski definition) is 7. The molecule has 2 unspecified atom stereocenters. The quantitative estimate of drug-likeness (QED) is 0.453. The molecular weight excluding hydrogens is 476 g/mol. The third kappa shape index (κ3) is 6.80. The van der Waals surface area contributed by atoms with Crippen LogP contribution in [0.1, 0.15) is 99.1 Å². The van der Waals surface area contributed by atoms with E-state index >= 15 is 0 Å². The van der Waals surface area contributed by atoms with Gasteiger partial charge in [-0.1, -0.05) is 46.8 Å². The molecule has 2 aromatic heterocycles. The van der Waals surface area contributed by atoms with Crippen LogP contribution >= 0.6 is 0 Å². The molecule has 0 saturated carbocycles. The van der Waals surface area contributed by atoms with Crippen LogP contribution in [0.5, 0.6) is 0 Å². The first-order valence-electron chi connectivity index (χ1n) is 14.4. The van der Waals surface area contributed by atoms with Gasteiger partial charge in [0, 0.05) is 55.5 Å². The molecule has 0 radical (unpaired) electrons. The second kappa shape index (κ2) is 12.5. The van der Waals surface area contributed by atoms with Gasteiger partial charge in [-0.3, -0.25) is 14.9 Å². The highest BCUT2D eigenvalue weighted by molar-refractivity contribution is 5.31. The zero-order chi connectivity index (χ0) is 27.4. The predicted octanol–water partition coefficient (Wildman–Crippen LogP) is 4.79. The molecule has 2 saturated heterocycles. The van der Waals surface area contributed by atoms with Crippen LogP contribution in [0.4, 0.5) is 0 Å². The number of hydrogen-bond donors (Lipinski definition) is 1. The summed E-state index contributed by atoms with van der Waals surface area (Å²) >= 11 is 0. The first kappa shape index (κ1) is 29.1. The molecule has 3 atom stereocenters. The summed E-state index contributed by atoms with van der Waals surface area (Å²) in [5.74, 6) is 1.10. The van der Waals surface area contributed by atoms with E-state index in [1.807, 2.05) is 0 Å². The van der Waals surface area contributed by atoms with Crippen LogP contribution < -0.4 is 0 Å². The molecule has 2 aromatic rings. The summed E-state index contributed by atoms with van der Waals surface area (Å²) in [5.41, 5.74) is 5.62. The largest absolute Gasteiger partial charge is 0.383 e. The first-order valence-corrected chi connectivity index (χ1v) is 14.4. The molecule has 4 rings (SSSR count). The molecule has 210 valence electrons. The maximum atomic E-state index is 11.3. The van der Waals surface area contributed by atoms with E-state index in [1.54, 1.807) is 0 Å². The summed E-state index contributed by atoms with van der Waals surface area (Å²) in [6, 6.07) is 8.60. The van der Waals surface area contributed by atoms with Crippen molar-refractivity contribution < 1.29 is 14.6 Å². The standard InChI is InChI=1S/C31H48N4O3/c1-8-34(6)17-29-25(9-11-27(32-29)21(2)3)23-15-24(38-19-23)16-35(7)18-30-26(31(36)13-14-37-20-31)10-12-28(33-30)22(4)5/h9-12,21-24,36H,8,13-20H2,1-7H3/t23?,24?,31-/m0/s1. The monoisotopic (exact) mass is 524 g/mol. The molecule has 2 fully saturated rings. The second-order valence-electron chi connectivity index (χ2n) is 12.1. The van der Waals surface area contributed by atoms with Crippen molar-refractivity contribution in [3.8, 4) is 0 Å². The Kier molecular flexibility index (Phi) is 9.58. The lowest BCUT2D eigenvalue weighted by atomic mass is 9.90. The zero-order valence-electron chi connectivity index (χ0n) is 24.5. The normalized spacial score (nSPS) is 24.0. The van der Waals surface area contributed by atoms with Gasteiger partial charge in [0.05, 0.1) is 30.7 Å². The smallest absolute Gasteiger partial charge is 0.117 e. The first-order chi connectivity index (χ1) is 18.1. The summed E-state index contributed by atoms with van der Waals surface area (Å²) in [7, 11) is 4.28. The third-order valence-corrected chi connectivity index (χ3v) is 8.13. The highest BCUT2D eigenvalue weighted by Gasteiger charge is 2.37. The van der Waals surface area contributed by atoms with E-state index < -0.39 is 5.60 Å². The molecule has 0 aliphatic carbocycles. The summed E-state index contributed by atoms with van der Waals surface area (Å²) in [4.78, 5) is 14.7. The van der Waals surface area contributed by atoms with E-state index in [4.69, 9.17) is 19.4 Å².